The highest BCUT2D eigenvalue weighted by atomic mass is 15.3. The second-order valence-corrected chi connectivity index (χ2v) is 4.64. The second-order valence-electron chi connectivity index (χ2n) is 4.64. The Morgan fingerprint density at radius 3 is 3.24 bits per heavy atom. The van der Waals surface area contributed by atoms with Gasteiger partial charge in [0, 0.05) is 30.4 Å². The molecule has 0 amide bonds. The minimum Gasteiger partial charge on any atom is -0.399 e. The van der Waals surface area contributed by atoms with Crippen LogP contribution in [0.3, 0.4) is 0 Å². The van der Waals surface area contributed by atoms with Crippen LogP contribution < -0.4 is 11.1 Å². The molecule has 5 heteroatoms. The van der Waals surface area contributed by atoms with Crippen LogP contribution in [0.4, 0.5) is 5.69 Å². The largest absolute Gasteiger partial charge is 0.399 e. The van der Waals surface area contributed by atoms with Gasteiger partial charge in [-0.25, -0.2) is 9.50 Å². The third kappa shape index (κ3) is 2.24. The number of hydrogen-bond donors (Lipinski definition) is 2. The maximum Gasteiger partial charge on any atom is 0.157 e. The van der Waals surface area contributed by atoms with E-state index in [-0.39, 0.29) is 0 Å². The molecule has 0 bridgehead atoms. The van der Waals surface area contributed by atoms with Gasteiger partial charge in [-0.2, -0.15) is 5.10 Å². The summed E-state index contributed by atoms with van der Waals surface area (Å²) in [5, 5.41) is 7.97. The van der Waals surface area contributed by atoms with Crippen molar-refractivity contribution in [3.8, 4) is 0 Å². The highest BCUT2D eigenvalue weighted by Gasteiger charge is 2.15. The Labute approximate surface area is 100 Å². The van der Waals surface area contributed by atoms with Gasteiger partial charge in [0.2, 0.25) is 0 Å². The average molecular weight is 231 g/mol. The fourth-order valence-corrected chi connectivity index (χ4v) is 2.35. The van der Waals surface area contributed by atoms with Crippen LogP contribution in [0.2, 0.25) is 0 Å². The van der Waals surface area contributed by atoms with Crippen molar-refractivity contribution >= 4 is 11.3 Å². The zero-order chi connectivity index (χ0) is 11.7. The van der Waals surface area contributed by atoms with E-state index in [4.69, 9.17) is 5.73 Å². The molecule has 1 atom stereocenters. The number of pyridine rings is 1. The minimum atomic E-state index is 0.526. The lowest BCUT2D eigenvalue weighted by molar-refractivity contribution is 0.394. The van der Waals surface area contributed by atoms with Crippen LogP contribution in [-0.2, 0) is 6.42 Å². The van der Waals surface area contributed by atoms with Gasteiger partial charge in [0.1, 0.15) is 0 Å². The van der Waals surface area contributed by atoms with E-state index in [1.807, 2.05) is 18.3 Å². The molecule has 1 saturated heterocycles. The van der Waals surface area contributed by atoms with E-state index in [2.05, 4.69) is 15.4 Å². The van der Waals surface area contributed by atoms with Crippen molar-refractivity contribution < 1.29 is 0 Å². The molecule has 0 saturated carbocycles. The molecule has 1 fully saturated rings. The highest BCUT2D eigenvalue weighted by molar-refractivity contribution is 5.50. The van der Waals surface area contributed by atoms with E-state index < -0.39 is 0 Å². The first-order chi connectivity index (χ1) is 8.31. The Kier molecular flexibility index (Phi) is 2.68. The fraction of sp³-hybridized carbons (Fsp3) is 0.500. The lowest BCUT2D eigenvalue weighted by Gasteiger charge is -2.21. The number of hydrogen-bond acceptors (Lipinski definition) is 4. The SMILES string of the molecule is Nc1ccn2nc(CC3CCCCN3)nc2c1. The van der Waals surface area contributed by atoms with Gasteiger partial charge < -0.3 is 11.1 Å². The summed E-state index contributed by atoms with van der Waals surface area (Å²) in [5.74, 6) is 0.898. The molecule has 2 aromatic rings. The Balaban J connectivity index is 1.80. The molecule has 0 aromatic carbocycles. The van der Waals surface area contributed by atoms with Gasteiger partial charge in [0.05, 0.1) is 0 Å². The molecule has 3 N–H and O–H groups in total. The van der Waals surface area contributed by atoms with Crippen molar-refractivity contribution in [3.63, 3.8) is 0 Å². The molecule has 3 rings (SSSR count). The Morgan fingerprint density at radius 1 is 1.47 bits per heavy atom. The third-order valence-electron chi connectivity index (χ3n) is 3.25. The summed E-state index contributed by atoms with van der Waals surface area (Å²) >= 11 is 0. The highest BCUT2D eigenvalue weighted by Crippen LogP contribution is 2.12. The van der Waals surface area contributed by atoms with Crippen molar-refractivity contribution in [1.29, 1.82) is 0 Å². The summed E-state index contributed by atoms with van der Waals surface area (Å²) in [6, 6.07) is 4.22. The second kappa shape index (κ2) is 4.33. The normalized spacial score (nSPS) is 20.8. The molecule has 5 nitrogen and oxygen atoms in total. The lowest BCUT2D eigenvalue weighted by atomic mass is 10.0. The van der Waals surface area contributed by atoms with Gasteiger partial charge in [-0.1, -0.05) is 6.42 Å². The molecule has 90 valence electrons. The molecule has 1 aliphatic rings. The fourth-order valence-electron chi connectivity index (χ4n) is 2.35. The summed E-state index contributed by atoms with van der Waals surface area (Å²) in [7, 11) is 0. The predicted octanol–water partition coefficient (Wildman–Crippen LogP) is 0.996. The van der Waals surface area contributed by atoms with Crippen LogP contribution in [0.15, 0.2) is 18.3 Å². The first kappa shape index (κ1) is 10.5. The van der Waals surface area contributed by atoms with E-state index in [1.54, 1.807) is 4.52 Å². The van der Waals surface area contributed by atoms with Gasteiger partial charge in [-0.3, -0.25) is 0 Å². The van der Waals surface area contributed by atoms with E-state index in [0.717, 1.165) is 30.1 Å². The Bertz CT molecular complexity index is 513. The van der Waals surface area contributed by atoms with Crippen LogP contribution in [0.25, 0.3) is 5.65 Å². The summed E-state index contributed by atoms with van der Waals surface area (Å²) in [6.07, 6.45) is 6.57. The standard InChI is InChI=1S/C12H17N5/c13-9-4-6-17-12(7-9)15-11(16-17)8-10-3-1-2-5-14-10/h4,6-7,10,14H,1-3,5,8,13H2. The maximum absolute atomic E-state index is 5.72. The molecule has 17 heavy (non-hydrogen) atoms. The van der Waals surface area contributed by atoms with Crippen molar-refractivity contribution in [1.82, 2.24) is 19.9 Å². The molecule has 1 unspecified atom stereocenters. The van der Waals surface area contributed by atoms with Crippen molar-refractivity contribution in [3.05, 3.63) is 24.2 Å². The number of piperidine rings is 1. The van der Waals surface area contributed by atoms with Crippen LogP contribution in [0.1, 0.15) is 25.1 Å². The van der Waals surface area contributed by atoms with Crippen LogP contribution in [0.5, 0.6) is 0 Å². The van der Waals surface area contributed by atoms with Gasteiger partial charge in [0.15, 0.2) is 11.5 Å². The number of nitrogens with one attached hydrogen (secondary N) is 1. The molecule has 3 heterocycles. The molecule has 2 aromatic heterocycles. The number of aromatic nitrogens is 3. The summed E-state index contributed by atoms with van der Waals surface area (Å²) in [6.45, 7) is 1.12. The first-order valence-corrected chi connectivity index (χ1v) is 6.15. The molecule has 1 aliphatic heterocycles. The van der Waals surface area contributed by atoms with E-state index in [9.17, 15) is 0 Å². The van der Waals surface area contributed by atoms with Gasteiger partial charge in [-0.15, -0.1) is 0 Å². The lowest BCUT2D eigenvalue weighted by Crippen LogP contribution is -2.35. The zero-order valence-corrected chi connectivity index (χ0v) is 9.76. The third-order valence-corrected chi connectivity index (χ3v) is 3.25. The molecular formula is C12H17N5. The van der Waals surface area contributed by atoms with Crippen molar-refractivity contribution in [2.75, 3.05) is 12.3 Å². The van der Waals surface area contributed by atoms with E-state index in [0.29, 0.717) is 6.04 Å². The number of nitrogen functional groups attached to an aromatic ring is 1. The number of nitrogens with two attached hydrogens (primary N) is 1. The van der Waals surface area contributed by atoms with Gasteiger partial charge in [-0.05, 0) is 25.5 Å². The molecule has 0 spiro atoms. The zero-order valence-electron chi connectivity index (χ0n) is 9.76. The number of nitrogens with zero attached hydrogens (tertiary/aromatic N) is 3. The predicted molar refractivity (Wildman–Crippen MR) is 66.7 cm³/mol. The van der Waals surface area contributed by atoms with Crippen molar-refractivity contribution in [2.24, 2.45) is 0 Å². The monoisotopic (exact) mass is 231 g/mol. The van der Waals surface area contributed by atoms with Crippen LogP contribution >= 0.6 is 0 Å². The van der Waals surface area contributed by atoms with E-state index >= 15 is 0 Å². The van der Waals surface area contributed by atoms with Gasteiger partial charge in [0.25, 0.3) is 0 Å². The first-order valence-electron chi connectivity index (χ1n) is 6.15. The molecular weight excluding hydrogens is 214 g/mol. The van der Waals surface area contributed by atoms with E-state index in [1.165, 1.54) is 19.3 Å². The number of rotatable bonds is 2. The summed E-state index contributed by atoms with van der Waals surface area (Å²) in [4.78, 5) is 4.50. The van der Waals surface area contributed by atoms with Crippen LogP contribution in [-0.4, -0.2) is 27.2 Å². The Morgan fingerprint density at radius 2 is 2.41 bits per heavy atom. The average Bonchev–Trinajstić information content (AvgIpc) is 2.71. The maximum atomic E-state index is 5.72. The molecule has 0 radical (unpaired) electrons. The van der Waals surface area contributed by atoms with Crippen molar-refractivity contribution in [2.45, 2.75) is 31.7 Å². The topological polar surface area (TPSA) is 68.2 Å². The quantitative estimate of drug-likeness (QED) is 0.809. The summed E-state index contributed by atoms with van der Waals surface area (Å²) in [5.41, 5.74) is 7.28. The molecule has 0 aliphatic carbocycles. The Hall–Kier alpha value is -1.62. The number of anilines is 1. The number of fused-ring (bicyclic) bond motifs is 1. The smallest absolute Gasteiger partial charge is 0.157 e. The summed E-state index contributed by atoms with van der Waals surface area (Å²) < 4.78 is 1.79. The van der Waals surface area contributed by atoms with Gasteiger partial charge >= 0.3 is 0 Å². The van der Waals surface area contributed by atoms with Crippen LogP contribution in [0, 0.1) is 0 Å². The minimum absolute atomic E-state index is 0.526.